The van der Waals surface area contributed by atoms with Crippen LogP contribution in [0.2, 0.25) is 0 Å². The maximum atomic E-state index is 14.6. The second-order valence-corrected chi connectivity index (χ2v) is 7.48. The van der Waals surface area contributed by atoms with E-state index in [1.165, 1.54) is 16.9 Å². The van der Waals surface area contributed by atoms with Gasteiger partial charge in [0.1, 0.15) is 17.2 Å². The van der Waals surface area contributed by atoms with Gasteiger partial charge >= 0.3 is 0 Å². The standard InChI is InChI=1S/C20H20FN7O2/c1-12(26-30-20(2,3)11-29)17-9-23-18-19(24-17)28(27-25-18)10-14-7-13-5-4-6-22-16(13)8-15(14)21/h4-9,29H,10-11H2,1-3H3. The largest absolute Gasteiger partial charge is 0.392 e. The summed E-state index contributed by atoms with van der Waals surface area (Å²) >= 11 is 0. The number of aliphatic hydroxyl groups excluding tert-OH is 1. The molecule has 3 aromatic heterocycles. The molecular weight excluding hydrogens is 389 g/mol. The smallest absolute Gasteiger partial charge is 0.221 e. The van der Waals surface area contributed by atoms with Crippen molar-refractivity contribution >= 4 is 27.9 Å². The molecule has 1 aromatic carbocycles. The van der Waals surface area contributed by atoms with Crippen molar-refractivity contribution in [3.63, 3.8) is 0 Å². The Hall–Kier alpha value is -3.53. The van der Waals surface area contributed by atoms with Crippen LogP contribution in [-0.4, -0.2) is 53.0 Å². The summed E-state index contributed by atoms with van der Waals surface area (Å²) in [6.07, 6.45) is 3.14. The fraction of sp³-hybridized carbons (Fsp3) is 0.300. The minimum absolute atomic E-state index is 0.134. The lowest BCUT2D eigenvalue weighted by Crippen LogP contribution is -2.27. The van der Waals surface area contributed by atoms with Gasteiger partial charge in [-0.1, -0.05) is 16.4 Å². The van der Waals surface area contributed by atoms with E-state index in [1.54, 1.807) is 39.1 Å². The first kappa shape index (κ1) is 19.8. The minimum Gasteiger partial charge on any atom is -0.392 e. The predicted octanol–water partition coefficient (Wildman–Crippen LogP) is 2.47. The molecule has 154 valence electrons. The Labute approximate surface area is 171 Å². The van der Waals surface area contributed by atoms with Crippen molar-refractivity contribution in [2.75, 3.05) is 6.61 Å². The van der Waals surface area contributed by atoms with E-state index >= 15 is 0 Å². The molecule has 0 bridgehead atoms. The predicted molar refractivity (Wildman–Crippen MR) is 108 cm³/mol. The number of aliphatic hydroxyl groups is 1. The lowest BCUT2D eigenvalue weighted by Gasteiger charge is -2.19. The normalized spacial score (nSPS) is 12.6. The average Bonchev–Trinajstić information content (AvgIpc) is 3.14. The number of pyridine rings is 1. The van der Waals surface area contributed by atoms with E-state index in [4.69, 9.17) is 4.84 Å². The van der Waals surface area contributed by atoms with E-state index in [0.717, 1.165) is 5.39 Å². The van der Waals surface area contributed by atoms with Crippen molar-refractivity contribution in [2.24, 2.45) is 5.16 Å². The van der Waals surface area contributed by atoms with Crippen molar-refractivity contribution in [1.29, 1.82) is 0 Å². The molecule has 0 aliphatic rings. The van der Waals surface area contributed by atoms with Gasteiger partial charge in [0, 0.05) is 23.2 Å². The molecule has 0 aliphatic carbocycles. The third-order valence-electron chi connectivity index (χ3n) is 4.50. The van der Waals surface area contributed by atoms with Gasteiger partial charge in [-0.05, 0) is 32.9 Å². The van der Waals surface area contributed by atoms with Gasteiger partial charge in [0.25, 0.3) is 0 Å². The molecule has 3 heterocycles. The number of benzene rings is 1. The molecule has 10 heteroatoms. The van der Waals surface area contributed by atoms with Gasteiger partial charge in [0.15, 0.2) is 11.2 Å². The number of nitrogens with zero attached hydrogens (tertiary/aromatic N) is 7. The molecule has 0 aliphatic heterocycles. The molecule has 0 spiro atoms. The third-order valence-corrected chi connectivity index (χ3v) is 4.50. The third kappa shape index (κ3) is 3.94. The number of halogens is 1. The lowest BCUT2D eigenvalue weighted by atomic mass is 10.1. The highest BCUT2D eigenvalue weighted by Gasteiger charge is 2.19. The van der Waals surface area contributed by atoms with Gasteiger partial charge in [-0.15, -0.1) is 5.10 Å². The number of aromatic nitrogens is 6. The molecule has 0 radical (unpaired) electrons. The summed E-state index contributed by atoms with van der Waals surface area (Å²) in [4.78, 5) is 18.3. The summed E-state index contributed by atoms with van der Waals surface area (Å²) in [5.41, 5.74) is 1.88. The summed E-state index contributed by atoms with van der Waals surface area (Å²) < 4.78 is 16.1. The summed E-state index contributed by atoms with van der Waals surface area (Å²) in [5, 5.41) is 22.2. The van der Waals surface area contributed by atoms with Crippen LogP contribution in [0, 0.1) is 5.82 Å². The molecule has 0 atom stereocenters. The first-order chi connectivity index (χ1) is 14.4. The Morgan fingerprint density at radius 3 is 2.93 bits per heavy atom. The number of rotatable bonds is 6. The molecule has 0 saturated heterocycles. The zero-order chi connectivity index (χ0) is 21.3. The van der Waals surface area contributed by atoms with E-state index in [-0.39, 0.29) is 19.0 Å². The van der Waals surface area contributed by atoms with Gasteiger partial charge in [-0.25, -0.2) is 19.0 Å². The monoisotopic (exact) mass is 409 g/mol. The maximum absolute atomic E-state index is 14.6. The maximum Gasteiger partial charge on any atom is 0.221 e. The summed E-state index contributed by atoms with van der Waals surface area (Å²) in [7, 11) is 0. The van der Waals surface area contributed by atoms with Gasteiger partial charge < -0.3 is 9.94 Å². The summed E-state index contributed by atoms with van der Waals surface area (Å²) in [6, 6.07) is 6.81. The SMILES string of the molecule is CC(=NOC(C)(C)CO)c1cnc2nnn(Cc3cc4cccnc4cc3F)c2n1. The van der Waals surface area contributed by atoms with Crippen LogP contribution in [0.25, 0.3) is 22.2 Å². The van der Waals surface area contributed by atoms with E-state index < -0.39 is 5.60 Å². The molecule has 0 amide bonds. The van der Waals surface area contributed by atoms with Gasteiger partial charge in [0.05, 0.1) is 24.9 Å². The zero-order valence-electron chi connectivity index (χ0n) is 16.7. The first-order valence-corrected chi connectivity index (χ1v) is 9.30. The van der Waals surface area contributed by atoms with Gasteiger partial charge in [-0.3, -0.25) is 4.98 Å². The quantitative estimate of drug-likeness (QED) is 0.385. The highest BCUT2D eigenvalue weighted by atomic mass is 19.1. The first-order valence-electron chi connectivity index (χ1n) is 9.30. The Balaban J connectivity index is 1.67. The van der Waals surface area contributed by atoms with Gasteiger partial charge in [-0.2, -0.15) is 0 Å². The average molecular weight is 409 g/mol. The highest BCUT2D eigenvalue weighted by molar-refractivity contribution is 5.97. The van der Waals surface area contributed by atoms with Crippen LogP contribution in [0.15, 0.2) is 41.8 Å². The molecule has 0 fully saturated rings. The van der Waals surface area contributed by atoms with Crippen molar-refractivity contribution in [3.8, 4) is 0 Å². The lowest BCUT2D eigenvalue weighted by molar-refractivity contribution is -0.0514. The molecule has 0 saturated carbocycles. The van der Waals surface area contributed by atoms with E-state index in [2.05, 4.69) is 30.4 Å². The summed E-state index contributed by atoms with van der Waals surface area (Å²) in [6.45, 7) is 5.09. The second-order valence-electron chi connectivity index (χ2n) is 7.48. The molecular formula is C20H20FN7O2. The fourth-order valence-electron chi connectivity index (χ4n) is 2.73. The van der Waals surface area contributed by atoms with Crippen LogP contribution < -0.4 is 0 Å². The van der Waals surface area contributed by atoms with Crippen LogP contribution >= 0.6 is 0 Å². The number of oxime groups is 1. The minimum atomic E-state index is -0.815. The molecule has 9 nitrogen and oxygen atoms in total. The molecule has 30 heavy (non-hydrogen) atoms. The number of hydrogen-bond acceptors (Lipinski definition) is 8. The van der Waals surface area contributed by atoms with Crippen molar-refractivity contribution < 1.29 is 14.3 Å². The Kier molecular flexibility index (Phi) is 5.08. The van der Waals surface area contributed by atoms with Crippen LogP contribution in [-0.2, 0) is 11.4 Å². The van der Waals surface area contributed by atoms with Crippen molar-refractivity contribution in [3.05, 3.63) is 53.7 Å². The highest BCUT2D eigenvalue weighted by Crippen LogP contribution is 2.19. The molecule has 1 N–H and O–H groups in total. The van der Waals surface area contributed by atoms with Crippen LogP contribution in [0.3, 0.4) is 0 Å². The zero-order valence-corrected chi connectivity index (χ0v) is 16.7. The Morgan fingerprint density at radius 2 is 2.13 bits per heavy atom. The fourth-order valence-corrected chi connectivity index (χ4v) is 2.73. The number of fused-ring (bicyclic) bond motifs is 2. The van der Waals surface area contributed by atoms with E-state index in [0.29, 0.717) is 33.8 Å². The molecule has 4 aromatic rings. The Morgan fingerprint density at radius 1 is 1.30 bits per heavy atom. The number of hydrogen-bond donors (Lipinski definition) is 1. The summed E-state index contributed by atoms with van der Waals surface area (Å²) in [5.74, 6) is -0.383. The van der Waals surface area contributed by atoms with Crippen LogP contribution in [0.1, 0.15) is 32.0 Å². The van der Waals surface area contributed by atoms with Crippen molar-refractivity contribution in [1.82, 2.24) is 29.9 Å². The van der Waals surface area contributed by atoms with E-state index in [9.17, 15) is 9.50 Å². The molecule has 0 unspecified atom stereocenters. The van der Waals surface area contributed by atoms with Crippen LogP contribution in [0.5, 0.6) is 0 Å². The molecule has 4 rings (SSSR count). The van der Waals surface area contributed by atoms with Crippen molar-refractivity contribution in [2.45, 2.75) is 32.9 Å². The van der Waals surface area contributed by atoms with Gasteiger partial charge in [0.2, 0.25) is 5.65 Å². The van der Waals surface area contributed by atoms with Crippen LogP contribution in [0.4, 0.5) is 4.39 Å². The van der Waals surface area contributed by atoms with E-state index in [1.807, 2.05) is 6.07 Å². The Bertz CT molecular complexity index is 1250. The second kappa shape index (κ2) is 7.71. The topological polar surface area (TPSA) is 111 Å².